The monoisotopic (exact) mass is 379 g/mol. The third-order valence-electron chi connectivity index (χ3n) is 4.15. The van der Waals surface area contributed by atoms with E-state index in [1.54, 1.807) is 23.5 Å². The Balaban J connectivity index is 0.000000186. The highest BCUT2D eigenvalue weighted by molar-refractivity contribution is 8.14. The van der Waals surface area contributed by atoms with Gasteiger partial charge in [-0.05, 0) is 31.4 Å². The van der Waals surface area contributed by atoms with Crippen molar-refractivity contribution < 1.29 is 0 Å². The van der Waals surface area contributed by atoms with Crippen molar-refractivity contribution in [3.8, 4) is 0 Å². The Hall–Kier alpha value is -1.18. The molecule has 0 aliphatic carbocycles. The van der Waals surface area contributed by atoms with Crippen LogP contribution in [0.2, 0.25) is 0 Å². The first-order chi connectivity index (χ1) is 12.1. The summed E-state index contributed by atoms with van der Waals surface area (Å²) in [5, 5.41) is 2.00. The number of hydrogen-bond donors (Lipinski definition) is 3. The van der Waals surface area contributed by atoms with Gasteiger partial charge in [0.05, 0.1) is 12.1 Å². The molecule has 0 fully saturated rings. The number of nitrogens with two attached hydrogens (primary N) is 3. The van der Waals surface area contributed by atoms with Gasteiger partial charge >= 0.3 is 0 Å². The number of amidine groups is 2. The number of thioether (sulfide) groups is 2. The van der Waals surface area contributed by atoms with Crippen molar-refractivity contribution >= 4 is 33.9 Å². The zero-order valence-electron chi connectivity index (χ0n) is 14.8. The van der Waals surface area contributed by atoms with Crippen LogP contribution in [0.3, 0.4) is 0 Å². The highest BCUT2D eigenvalue weighted by Gasteiger charge is 2.24. The molecular weight excluding hydrogens is 350 g/mol. The van der Waals surface area contributed by atoms with Crippen LogP contribution in [0.1, 0.15) is 31.7 Å². The first kappa shape index (κ1) is 20.1. The quantitative estimate of drug-likeness (QED) is 0.659. The molecule has 0 bridgehead atoms. The fourth-order valence-corrected chi connectivity index (χ4v) is 4.46. The number of hydrogen-bond acceptors (Lipinski definition) is 7. The van der Waals surface area contributed by atoms with Gasteiger partial charge in [-0.2, -0.15) is 0 Å². The minimum atomic E-state index is 0.349. The van der Waals surface area contributed by atoms with Crippen LogP contribution < -0.4 is 17.2 Å². The second-order valence-electron chi connectivity index (χ2n) is 6.26. The normalized spacial score (nSPS) is 25.1. The highest BCUT2D eigenvalue weighted by atomic mass is 32.2. The number of rotatable bonds is 6. The van der Waals surface area contributed by atoms with E-state index in [4.69, 9.17) is 17.2 Å². The molecule has 6 N–H and O–H groups in total. The SMILES string of the molecule is C[C@H]1SC(N)=N[C@H]1Cc1ccccc1.NCCCC[C@H]1CSC(N)=N1. The summed E-state index contributed by atoms with van der Waals surface area (Å²) in [4.78, 5) is 8.70. The lowest BCUT2D eigenvalue weighted by molar-refractivity contribution is 0.614. The van der Waals surface area contributed by atoms with E-state index in [2.05, 4.69) is 41.2 Å². The van der Waals surface area contributed by atoms with Crippen LogP contribution in [0.25, 0.3) is 0 Å². The van der Waals surface area contributed by atoms with Crippen LogP contribution >= 0.6 is 23.5 Å². The lowest BCUT2D eigenvalue weighted by atomic mass is 10.0. The van der Waals surface area contributed by atoms with Gasteiger partial charge in [-0.25, -0.2) is 0 Å². The molecule has 1 aromatic carbocycles. The summed E-state index contributed by atoms with van der Waals surface area (Å²) in [6.07, 6.45) is 4.43. The van der Waals surface area contributed by atoms with E-state index in [0.717, 1.165) is 41.9 Å². The van der Waals surface area contributed by atoms with Crippen LogP contribution in [0, 0.1) is 0 Å². The molecule has 25 heavy (non-hydrogen) atoms. The molecule has 5 nitrogen and oxygen atoms in total. The van der Waals surface area contributed by atoms with Gasteiger partial charge in [-0.1, -0.05) is 67.2 Å². The summed E-state index contributed by atoms with van der Waals surface area (Å²) in [5.41, 5.74) is 17.9. The first-order valence-electron chi connectivity index (χ1n) is 8.78. The molecular formula is C18H29N5S2. The van der Waals surface area contributed by atoms with Gasteiger partial charge in [0.25, 0.3) is 0 Å². The molecule has 7 heteroatoms. The van der Waals surface area contributed by atoms with Gasteiger partial charge < -0.3 is 17.2 Å². The topological polar surface area (TPSA) is 103 Å². The fraction of sp³-hybridized carbons (Fsp3) is 0.556. The third kappa shape index (κ3) is 7.30. The Labute approximate surface area is 159 Å². The van der Waals surface area contributed by atoms with Crippen molar-refractivity contribution in [3.05, 3.63) is 35.9 Å². The number of aliphatic imine (C=N–C) groups is 2. The fourth-order valence-electron chi connectivity index (χ4n) is 2.74. The lowest BCUT2D eigenvalue weighted by Crippen LogP contribution is -2.16. The molecule has 2 aliphatic rings. The van der Waals surface area contributed by atoms with E-state index in [1.165, 1.54) is 12.0 Å². The van der Waals surface area contributed by atoms with Gasteiger partial charge in [0, 0.05) is 11.0 Å². The van der Waals surface area contributed by atoms with Crippen LogP contribution in [-0.4, -0.2) is 40.0 Å². The second-order valence-corrected chi connectivity index (χ2v) is 8.70. The molecule has 138 valence electrons. The molecule has 0 saturated carbocycles. The van der Waals surface area contributed by atoms with E-state index >= 15 is 0 Å². The largest absolute Gasteiger partial charge is 0.379 e. The van der Waals surface area contributed by atoms with Crippen molar-refractivity contribution in [1.82, 2.24) is 0 Å². The Bertz CT molecular complexity index is 576. The van der Waals surface area contributed by atoms with Crippen LogP contribution in [-0.2, 0) is 6.42 Å². The van der Waals surface area contributed by atoms with Crippen molar-refractivity contribution in [2.45, 2.75) is 49.9 Å². The standard InChI is InChI=1S/C11H14N2S.C7H15N3S/c1-8-10(13-11(12)14-8)7-9-5-3-2-4-6-9;8-4-2-1-3-6-5-11-7(9)10-6/h2-6,8,10H,7H2,1H3,(H2,12,13);6H,1-5,8H2,(H2,9,10)/t8-,10+;6-/m10/s1. The summed E-state index contributed by atoms with van der Waals surface area (Å²) in [6, 6.07) is 11.3. The molecule has 0 amide bonds. The van der Waals surface area contributed by atoms with E-state index in [-0.39, 0.29) is 0 Å². The molecule has 1 aromatic rings. The maximum Gasteiger partial charge on any atom is 0.154 e. The average molecular weight is 380 g/mol. The Morgan fingerprint density at radius 3 is 2.40 bits per heavy atom. The molecule has 0 radical (unpaired) electrons. The number of unbranched alkanes of at least 4 members (excludes halogenated alkanes) is 1. The van der Waals surface area contributed by atoms with E-state index in [1.807, 2.05) is 6.07 Å². The average Bonchev–Trinajstić information content (AvgIpc) is 3.14. The molecule has 3 rings (SSSR count). The molecule has 0 saturated heterocycles. The summed E-state index contributed by atoms with van der Waals surface area (Å²) in [7, 11) is 0. The molecule has 0 aromatic heterocycles. The highest BCUT2D eigenvalue weighted by Crippen LogP contribution is 2.26. The maximum absolute atomic E-state index is 5.68. The van der Waals surface area contributed by atoms with E-state index in [9.17, 15) is 0 Å². The summed E-state index contributed by atoms with van der Waals surface area (Å²) in [6.45, 7) is 2.97. The van der Waals surface area contributed by atoms with Gasteiger partial charge in [0.15, 0.2) is 10.3 Å². The number of nitrogens with zero attached hydrogens (tertiary/aromatic N) is 2. The van der Waals surface area contributed by atoms with Gasteiger partial charge in [-0.15, -0.1) is 0 Å². The van der Waals surface area contributed by atoms with Crippen molar-refractivity contribution in [1.29, 1.82) is 0 Å². The minimum Gasteiger partial charge on any atom is -0.379 e. The van der Waals surface area contributed by atoms with Crippen LogP contribution in [0.4, 0.5) is 0 Å². The molecule has 2 aliphatic heterocycles. The van der Waals surface area contributed by atoms with E-state index < -0.39 is 0 Å². The smallest absolute Gasteiger partial charge is 0.154 e. The molecule has 3 atom stereocenters. The van der Waals surface area contributed by atoms with Gasteiger partial charge in [0.2, 0.25) is 0 Å². The summed E-state index contributed by atoms with van der Waals surface area (Å²) < 4.78 is 0. The zero-order valence-corrected chi connectivity index (χ0v) is 16.4. The summed E-state index contributed by atoms with van der Waals surface area (Å²) in [5.74, 6) is 1.07. The first-order valence-corrected chi connectivity index (χ1v) is 10.6. The van der Waals surface area contributed by atoms with Crippen LogP contribution in [0.15, 0.2) is 40.3 Å². The van der Waals surface area contributed by atoms with Crippen molar-refractivity contribution in [3.63, 3.8) is 0 Å². The third-order valence-corrected chi connectivity index (χ3v) is 6.14. The summed E-state index contributed by atoms with van der Waals surface area (Å²) >= 11 is 3.34. The Kier molecular flexibility index (Phi) is 8.64. The van der Waals surface area contributed by atoms with Gasteiger partial charge in [0.1, 0.15) is 0 Å². The molecule has 2 heterocycles. The second kappa shape index (κ2) is 10.7. The Morgan fingerprint density at radius 1 is 1.08 bits per heavy atom. The Morgan fingerprint density at radius 2 is 1.84 bits per heavy atom. The number of benzene rings is 1. The van der Waals surface area contributed by atoms with Crippen LogP contribution in [0.5, 0.6) is 0 Å². The van der Waals surface area contributed by atoms with Crippen molar-refractivity contribution in [2.75, 3.05) is 12.3 Å². The minimum absolute atomic E-state index is 0.349. The van der Waals surface area contributed by atoms with Gasteiger partial charge in [-0.3, -0.25) is 9.98 Å². The zero-order chi connectivity index (χ0) is 18.1. The predicted molar refractivity (Wildman–Crippen MR) is 113 cm³/mol. The predicted octanol–water partition coefficient (Wildman–Crippen LogP) is 2.59. The maximum atomic E-state index is 5.68. The van der Waals surface area contributed by atoms with Crippen molar-refractivity contribution in [2.24, 2.45) is 27.2 Å². The van der Waals surface area contributed by atoms with E-state index in [0.29, 0.717) is 17.3 Å². The molecule has 0 unspecified atom stereocenters. The lowest BCUT2D eigenvalue weighted by Gasteiger charge is -2.11. The molecule has 0 spiro atoms.